The summed E-state index contributed by atoms with van der Waals surface area (Å²) < 4.78 is 0. The van der Waals surface area contributed by atoms with E-state index in [-0.39, 0.29) is 0 Å². The van der Waals surface area contributed by atoms with Crippen molar-refractivity contribution in [1.29, 1.82) is 0 Å². The van der Waals surface area contributed by atoms with Crippen molar-refractivity contribution < 1.29 is 0 Å². The zero-order valence-corrected chi connectivity index (χ0v) is 12.5. The molecule has 0 aromatic rings. The molecule has 0 aliphatic heterocycles. The minimum absolute atomic E-state index is 0.897. The summed E-state index contributed by atoms with van der Waals surface area (Å²) >= 11 is 0. The van der Waals surface area contributed by atoms with Gasteiger partial charge >= 0.3 is 0 Å². The zero-order valence-electron chi connectivity index (χ0n) is 12.5. The van der Waals surface area contributed by atoms with E-state index in [4.69, 9.17) is 0 Å². The van der Waals surface area contributed by atoms with Crippen molar-refractivity contribution in [1.82, 2.24) is 0 Å². The standard InChI is InChI=1S/C16H32B/c1-5-7-14-11-9-13(3)10-12-16(17-4)15(14)8-6-2/h13-16H,5-12H2,1-4H3. The topological polar surface area (TPSA) is 0 Å². The van der Waals surface area contributed by atoms with Crippen LogP contribution in [0.4, 0.5) is 0 Å². The Morgan fingerprint density at radius 1 is 0.941 bits per heavy atom. The lowest BCUT2D eigenvalue weighted by Gasteiger charge is -2.37. The molecule has 0 nitrogen and oxygen atoms in total. The maximum absolute atomic E-state index is 2.51. The Labute approximate surface area is 110 Å². The summed E-state index contributed by atoms with van der Waals surface area (Å²) in [5.41, 5.74) is 0. The molecule has 1 fully saturated rings. The number of rotatable bonds is 5. The third-order valence-electron chi connectivity index (χ3n) is 4.89. The Kier molecular flexibility index (Phi) is 7.31. The maximum Gasteiger partial charge on any atom is 0.110 e. The highest BCUT2D eigenvalue weighted by atomic mass is 14.3. The second-order valence-electron chi connectivity index (χ2n) is 6.26. The van der Waals surface area contributed by atoms with E-state index in [9.17, 15) is 0 Å². The predicted octanol–water partition coefficient (Wildman–Crippen LogP) is 5.57. The first-order valence-electron chi connectivity index (χ1n) is 8.02. The molecule has 0 saturated heterocycles. The Morgan fingerprint density at radius 2 is 1.59 bits per heavy atom. The molecule has 0 bridgehead atoms. The van der Waals surface area contributed by atoms with Crippen LogP contribution < -0.4 is 0 Å². The Hall–Kier alpha value is 0.0649. The van der Waals surface area contributed by atoms with Gasteiger partial charge < -0.3 is 0 Å². The van der Waals surface area contributed by atoms with E-state index in [1.54, 1.807) is 0 Å². The van der Waals surface area contributed by atoms with Gasteiger partial charge in [-0.15, -0.1) is 0 Å². The first-order valence-corrected chi connectivity index (χ1v) is 8.02. The van der Waals surface area contributed by atoms with Crippen LogP contribution in [-0.2, 0) is 0 Å². The zero-order chi connectivity index (χ0) is 12.7. The van der Waals surface area contributed by atoms with Gasteiger partial charge in [-0.25, -0.2) is 0 Å². The van der Waals surface area contributed by atoms with Crippen molar-refractivity contribution in [3.63, 3.8) is 0 Å². The second kappa shape index (κ2) is 8.22. The Bertz CT molecular complexity index is 190. The van der Waals surface area contributed by atoms with E-state index in [0.29, 0.717) is 0 Å². The second-order valence-corrected chi connectivity index (χ2v) is 6.26. The van der Waals surface area contributed by atoms with Crippen LogP contribution in [0.2, 0.25) is 12.6 Å². The van der Waals surface area contributed by atoms with Crippen LogP contribution in [0.1, 0.15) is 72.1 Å². The Balaban J connectivity index is 2.70. The maximum atomic E-state index is 2.51. The molecule has 4 atom stereocenters. The van der Waals surface area contributed by atoms with Gasteiger partial charge in [-0.3, -0.25) is 0 Å². The molecule has 1 aliphatic rings. The molecule has 0 aromatic carbocycles. The molecule has 0 amide bonds. The summed E-state index contributed by atoms with van der Waals surface area (Å²) in [4.78, 5) is 0. The highest BCUT2D eigenvalue weighted by Crippen LogP contribution is 2.41. The van der Waals surface area contributed by atoms with Gasteiger partial charge in [0, 0.05) is 0 Å². The van der Waals surface area contributed by atoms with Crippen molar-refractivity contribution >= 4 is 7.28 Å². The summed E-state index contributed by atoms with van der Waals surface area (Å²) in [6, 6.07) is 0. The smallest absolute Gasteiger partial charge is 0.0917 e. The van der Waals surface area contributed by atoms with E-state index in [2.05, 4.69) is 34.9 Å². The first kappa shape index (κ1) is 15.1. The fourth-order valence-electron chi connectivity index (χ4n) is 3.82. The molecular weight excluding hydrogens is 203 g/mol. The average Bonchev–Trinajstić information content (AvgIpc) is 2.32. The highest BCUT2D eigenvalue weighted by molar-refractivity contribution is 6.35. The molecule has 1 aliphatic carbocycles. The number of hydrogen-bond donors (Lipinski definition) is 0. The van der Waals surface area contributed by atoms with E-state index in [1.165, 1.54) is 51.4 Å². The van der Waals surface area contributed by atoms with Gasteiger partial charge in [0.25, 0.3) is 0 Å². The van der Waals surface area contributed by atoms with Gasteiger partial charge in [-0.05, 0) is 24.2 Å². The largest absolute Gasteiger partial charge is 0.110 e. The fourth-order valence-corrected chi connectivity index (χ4v) is 3.82. The van der Waals surface area contributed by atoms with Crippen LogP contribution in [0.5, 0.6) is 0 Å². The SMILES string of the molecule is C[B]C1CCC(C)CCC(CCC)C1CCC. The van der Waals surface area contributed by atoms with Crippen LogP contribution in [0.3, 0.4) is 0 Å². The highest BCUT2D eigenvalue weighted by Gasteiger charge is 2.29. The quantitative estimate of drug-likeness (QED) is 0.546. The average molecular weight is 235 g/mol. The summed E-state index contributed by atoms with van der Waals surface area (Å²) in [5, 5.41) is 0. The van der Waals surface area contributed by atoms with E-state index >= 15 is 0 Å². The molecule has 1 radical (unpaired) electrons. The molecular formula is C16H32B. The Morgan fingerprint density at radius 3 is 2.18 bits per heavy atom. The molecule has 1 heteroatoms. The summed E-state index contributed by atoms with van der Waals surface area (Å²) in [6.07, 6.45) is 11.5. The number of hydrogen-bond acceptors (Lipinski definition) is 0. The van der Waals surface area contributed by atoms with Gasteiger partial charge in [0.1, 0.15) is 7.28 Å². The lowest BCUT2D eigenvalue weighted by molar-refractivity contribution is 0.210. The molecule has 0 N–H and O–H groups in total. The van der Waals surface area contributed by atoms with Gasteiger partial charge in [0.05, 0.1) is 0 Å². The molecule has 0 aromatic heterocycles. The van der Waals surface area contributed by atoms with Crippen molar-refractivity contribution in [3.05, 3.63) is 0 Å². The van der Waals surface area contributed by atoms with Crippen molar-refractivity contribution in [2.45, 2.75) is 84.8 Å². The third-order valence-corrected chi connectivity index (χ3v) is 4.89. The minimum atomic E-state index is 0.897. The summed E-state index contributed by atoms with van der Waals surface area (Å²) in [5.74, 6) is 3.84. The van der Waals surface area contributed by atoms with Crippen LogP contribution in [0.25, 0.3) is 0 Å². The fraction of sp³-hybridized carbons (Fsp3) is 1.00. The first-order chi connectivity index (χ1) is 8.22. The summed E-state index contributed by atoms with van der Waals surface area (Å²) in [6.45, 7) is 9.46. The molecule has 4 unspecified atom stereocenters. The van der Waals surface area contributed by atoms with Crippen LogP contribution in [0, 0.1) is 17.8 Å². The third kappa shape index (κ3) is 4.68. The van der Waals surface area contributed by atoms with Crippen molar-refractivity contribution in [2.75, 3.05) is 0 Å². The molecule has 1 saturated carbocycles. The van der Waals surface area contributed by atoms with Gasteiger partial charge in [-0.1, -0.05) is 78.4 Å². The molecule has 17 heavy (non-hydrogen) atoms. The van der Waals surface area contributed by atoms with Gasteiger partial charge in [0.2, 0.25) is 0 Å². The summed E-state index contributed by atoms with van der Waals surface area (Å²) in [7, 11) is 2.51. The molecule has 99 valence electrons. The van der Waals surface area contributed by atoms with Crippen LogP contribution >= 0.6 is 0 Å². The molecule has 0 heterocycles. The van der Waals surface area contributed by atoms with E-state index < -0.39 is 0 Å². The molecule has 0 spiro atoms. The minimum Gasteiger partial charge on any atom is -0.0917 e. The van der Waals surface area contributed by atoms with E-state index in [1.807, 2.05) is 0 Å². The molecule has 1 rings (SSSR count). The van der Waals surface area contributed by atoms with Crippen molar-refractivity contribution in [3.8, 4) is 0 Å². The lowest BCUT2D eigenvalue weighted by Crippen LogP contribution is -2.26. The van der Waals surface area contributed by atoms with Crippen LogP contribution in [-0.4, -0.2) is 7.28 Å². The normalized spacial score (nSPS) is 35.1. The van der Waals surface area contributed by atoms with Crippen LogP contribution in [0.15, 0.2) is 0 Å². The van der Waals surface area contributed by atoms with Gasteiger partial charge in [0.15, 0.2) is 0 Å². The monoisotopic (exact) mass is 235 g/mol. The van der Waals surface area contributed by atoms with Gasteiger partial charge in [-0.2, -0.15) is 0 Å². The predicted molar refractivity (Wildman–Crippen MR) is 79.8 cm³/mol. The lowest BCUT2D eigenvalue weighted by atomic mass is 9.54. The van der Waals surface area contributed by atoms with E-state index in [0.717, 1.165) is 23.6 Å². The van der Waals surface area contributed by atoms with Crippen molar-refractivity contribution in [2.24, 2.45) is 17.8 Å².